The smallest absolute Gasteiger partial charge is 0.306 e. The Morgan fingerprint density at radius 2 is 0.500 bits per heavy atom. The van der Waals surface area contributed by atoms with Crippen LogP contribution in [0.4, 0.5) is 0 Å². The molecule has 0 fully saturated rings. The molecule has 0 aliphatic heterocycles. The van der Waals surface area contributed by atoms with Gasteiger partial charge in [0.05, 0.1) is 0 Å². The molecule has 470 valence electrons. The summed E-state index contributed by atoms with van der Waals surface area (Å²) in [5, 5.41) is 0. The van der Waals surface area contributed by atoms with Crippen molar-refractivity contribution in [3.8, 4) is 0 Å². The quantitative estimate of drug-likeness (QED) is 0.0261. The molecule has 0 N–H and O–H groups in total. The first-order chi connectivity index (χ1) is 40.5. The monoisotopic (exact) mass is 1140 g/mol. The standard InChI is InChI=1S/C76H130O6/c1-4-7-10-13-16-19-22-25-28-31-33-34-35-36-37-38-39-40-41-42-44-45-48-51-54-57-60-63-66-69-75(78)81-72-73(71-80-74(77)68-65-62-59-56-53-50-47-30-27-24-21-18-15-12-9-6-3)82-76(79)70-67-64-61-58-55-52-49-46-43-32-29-26-23-20-17-14-11-8-5-2/h8,11,17,20,22,25-26,29-31,33,43,46-47,52,55,61,64,73H,4-7,9-10,12-16,18-19,21,23-24,27-28,32,34-42,44-45,48-51,53-54,56-60,62-63,65-72H2,1-3H3/b11-8-,20-17-,25-22-,29-26-,33-31-,46-43-,47-30-,55-52-,64-61-. The third-order valence-electron chi connectivity index (χ3n) is 15.0. The summed E-state index contributed by atoms with van der Waals surface area (Å²) in [6.45, 7) is 6.48. The number of unbranched alkanes of at least 4 members (excludes halogenated alkanes) is 34. The molecule has 0 aliphatic carbocycles. The van der Waals surface area contributed by atoms with Crippen LogP contribution in [0, 0.1) is 0 Å². The summed E-state index contributed by atoms with van der Waals surface area (Å²) in [6, 6.07) is 0. The number of carbonyl (C=O) groups is 3. The molecule has 0 aromatic heterocycles. The lowest BCUT2D eigenvalue weighted by Crippen LogP contribution is -2.30. The van der Waals surface area contributed by atoms with Crippen molar-refractivity contribution >= 4 is 17.9 Å². The second-order valence-corrected chi connectivity index (χ2v) is 23.1. The summed E-state index contributed by atoms with van der Waals surface area (Å²) in [7, 11) is 0. The lowest BCUT2D eigenvalue weighted by atomic mass is 10.0. The molecule has 0 saturated carbocycles. The second-order valence-electron chi connectivity index (χ2n) is 23.1. The topological polar surface area (TPSA) is 78.9 Å². The van der Waals surface area contributed by atoms with E-state index in [9.17, 15) is 14.4 Å². The van der Waals surface area contributed by atoms with Crippen LogP contribution in [0.25, 0.3) is 0 Å². The minimum absolute atomic E-state index is 0.110. The van der Waals surface area contributed by atoms with Crippen LogP contribution >= 0.6 is 0 Å². The van der Waals surface area contributed by atoms with Crippen molar-refractivity contribution in [1.29, 1.82) is 0 Å². The van der Waals surface area contributed by atoms with E-state index in [1.165, 1.54) is 193 Å². The van der Waals surface area contributed by atoms with Crippen molar-refractivity contribution in [2.45, 2.75) is 341 Å². The molecular weight excluding hydrogens is 1010 g/mol. The number of hydrogen-bond donors (Lipinski definition) is 0. The zero-order chi connectivity index (χ0) is 59.2. The molecule has 0 saturated heterocycles. The molecule has 0 rings (SSSR count). The van der Waals surface area contributed by atoms with Gasteiger partial charge in [-0.2, -0.15) is 0 Å². The number of carbonyl (C=O) groups excluding carboxylic acids is 3. The van der Waals surface area contributed by atoms with E-state index in [2.05, 4.69) is 124 Å². The Bertz CT molecular complexity index is 1640. The van der Waals surface area contributed by atoms with Crippen molar-refractivity contribution in [3.63, 3.8) is 0 Å². The molecule has 82 heavy (non-hydrogen) atoms. The van der Waals surface area contributed by atoms with E-state index < -0.39 is 12.1 Å². The van der Waals surface area contributed by atoms with Gasteiger partial charge in [-0.05, 0) is 116 Å². The molecule has 0 amide bonds. The summed E-state index contributed by atoms with van der Waals surface area (Å²) in [5.74, 6) is -0.991. The Kier molecular flexibility index (Phi) is 66.2. The van der Waals surface area contributed by atoms with Crippen LogP contribution < -0.4 is 0 Å². The van der Waals surface area contributed by atoms with Gasteiger partial charge in [0.2, 0.25) is 0 Å². The molecule has 6 heteroatoms. The van der Waals surface area contributed by atoms with E-state index in [1.807, 2.05) is 6.08 Å². The minimum Gasteiger partial charge on any atom is -0.462 e. The van der Waals surface area contributed by atoms with Crippen LogP contribution in [-0.2, 0) is 28.6 Å². The molecule has 1 unspecified atom stereocenters. The largest absolute Gasteiger partial charge is 0.462 e. The highest BCUT2D eigenvalue weighted by Crippen LogP contribution is 2.17. The molecule has 0 aromatic rings. The predicted molar refractivity (Wildman–Crippen MR) is 357 cm³/mol. The highest BCUT2D eigenvalue weighted by molar-refractivity contribution is 5.71. The molecule has 0 bridgehead atoms. The number of hydrogen-bond acceptors (Lipinski definition) is 6. The van der Waals surface area contributed by atoms with E-state index in [0.29, 0.717) is 19.3 Å². The maximum absolute atomic E-state index is 12.9. The summed E-state index contributed by atoms with van der Waals surface area (Å²) < 4.78 is 16.9. The average molecular weight is 1140 g/mol. The lowest BCUT2D eigenvalue weighted by molar-refractivity contribution is -0.166. The summed E-state index contributed by atoms with van der Waals surface area (Å²) >= 11 is 0. The SMILES string of the molecule is CC/C=C\C/C=C\C/C=C\C/C=C\C/C=C\C/C=C\CCC(=O)OC(COC(=O)CCCCCCC/C=C\CCCCCCCCC)COC(=O)CCCCCCCCCCCCCCCCCCC/C=C\C/C=C\CCCCCCC. The van der Waals surface area contributed by atoms with Crippen molar-refractivity contribution < 1.29 is 28.6 Å². The maximum Gasteiger partial charge on any atom is 0.306 e. The van der Waals surface area contributed by atoms with Crippen molar-refractivity contribution in [2.75, 3.05) is 13.2 Å². The Balaban J connectivity index is 4.36. The summed E-state index contributed by atoms with van der Waals surface area (Å²) in [6.07, 6.45) is 95.6. The molecule has 0 heterocycles. The van der Waals surface area contributed by atoms with E-state index >= 15 is 0 Å². The van der Waals surface area contributed by atoms with E-state index in [4.69, 9.17) is 14.2 Å². The van der Waals surface area contributed by atoms with Gasteiger partial charge < -0.3 is 14.2 Å². The molecule has 0 radical (unpaired) electrons. The van der Waals surface area contributed by atoms with Crippen LogP contribution in [0.2, 0.25) is 0 Å². The molecule has 0 aliphatic rings. The van der Waals surface area contributed by atoms with Gasteiger partial charge in [0.1, 0.15) is 13.2 Å². The fourth-order valence-electron chi connectivity index (χ4n) is 9.79. The Labute approximate surface area is 508 Å². The summed E-state index contributed by atoms with van der Waals surface area (Å²) in [4.78, 5) is 38.4. The summed E-state index contributed by atoms with van der Waals surface area (Å²) in [5.41, 5.74) is 0. The van der Waals surface area contributed by atoms with Gasteiger partial charge >= 0.3 is 17.9 Å². The number of allylic oxidation sites excluding steroid dienone is 18. The number of esters is 3. The van der Waals surface area contributed by atoms with Gasteiger partial charge in [-0.1, -0.05) is 310 Å². The number of rotatable bonds is 63. The van der Waals surface area contributed by atoms with Crippen molar-refractivity contribution in [3.05, 3.63) is 109 Å². The van der Waals surface area contributed by atoms with E-state index in [0.717, 1.165) is 96.3 Å². The fourth-order valence-corrected chi connectivity index (χ4v) is 9.79. The Morgan fingerprint density at radius 1 is 0.256 bits per heavy atom. The third-order valence-corrected chi connectivity index (χ3v) is 15.0. The first-order valence-corrected chi connectivity index (χ1v) is 34.9. The van der Waals surface area contributed by atoms with Crippen LogP contribution in [0.3, 0.4) is 0 Å². The van der Waals surface area contributed by atoms with Gasteiger partial charge in [-0.3, -0.25) is 14.4 Å². The molecule has 1 atom stereocenters. The second kappa shape index (κ2) is 69.6. The third kappa shape index (κ3) is 66.9. The van der Waals surface area contributed by atoms with Crippen LogP contribution in [0.5, 0.6) is 0 Å². The zero-order valence-electron chi connectivity index (χ0n) is 54.0. The van der Waals surface area contributed by atoms with Crippen LogP contribution in [0.1, 0.15) is 335 Å². The first-order valence-electron chi connectivity index (χ1n) is 34.9. The Morgan fingerprint density at radius 3 is 0.805 bits per heavy atom. The molecular formula is C76H130O6. The van der Waals surface area contributed by atoms with Gasteiger partial charge in [0, 0.05) is 19.3 Å². The molecule has 0 aromatic carbocycles. The minimum atomic E-state index is -0.824. The van der Waals surface area contributed by atoms with Gasteiger partial charge in [0.15, 0.2) is 6.10 Å². The Hall–Kier alpha value is -3.93. The highest BCUT2D eigenvalue weighted by atomic mass is 16.6. The number of ether oxygens (including phenoxy) is 3. The fraction of sp³-hybridized carbons (Fsp3) is 0.724. The van der Waals surface area contributed by atoms with Crippen LogP contribution in [0.15, 0.2) is 109 Å². The zero-order valence-corrected chi connectivity index (χ0v) is 54.0. The van der Waals surface area contributed by atoms with Crippen LogP contribution in [-0.4, -0.2) is 37.2 Å². The van der Waals surface area contributed by atoms with Crippen molar-refractivity contribution in [2.24, 2.45) is 0 Å². The average Bonchev–Trinajstić information content (AvgIpc) is 3.47. The normalized spacial score (nSPS) is 12.8. The van der Waals surface area contributed by atoms with Gasteiger partial charge in [-0.25, -0.2) is 0 Å². The van der Waals surface area contributed by atoms with Crippen molar-refractivity contribution in [1.82, 2.24) is 0 Å². The predicted octanol–water partition coefficient (Wildman–Crippen LogP) is 24.2. The van der Waals surface area contributed by atoms with Gasteiger partial charge in [-0.15, -0.1) is 0 Å². The lowest BCUT2D eigenvalue weighted by Gasteiger charge is -2.18. The van der Waals surface area contributed by atoms with E-state index in [-0.39, 0.29) is 31.6 Å². The maximum atomic E-state index is 12.9. The highest BCUT2D eigenvalue weighted by Gasteiger charge is 2.19. The van der Waals surface area contributed by atoms with E-state index in [1.54, 1.807) is 0 Å². The molecule has 0 spiro atoms. The first kappa shape index (κ1) is 78.1. The molecule has 6 nitrogen and oxygen atoms in total. The van der Waals surface area contributed by atoms with Gasteiger partial charge in [0.25, 0.3) is 0 Å².